The number of hydrogen-bond acceptors (Lipinski definition) is 9. The van der Waals surface area contributed by atoms with E-state index in [0.29, 0.717) is 27.5 Å². The van der Waals surface area contributed by atoms with Gasteiger partial charge in [-0.1, -0.05) is 0 Å². The van der Waals surface area contributed by atoms with Crippen LogP contribution in [0.5, 0.6) is 0 Å². The third kappa shape index (κ3) is 7.58. The van der Waals surface area contributed by atoms with Crippen molar-refractivity contribution in [2.75, 3.05) is 12.5 Å². The van der Waals surface area contributed by atoms with E-state index in [9.17, 15) is 36.0 Å². The molecular formula is C29H34N6O8S2. The molecule has 0 radical (unpaired) electrons. The molecule has 2 aromatic carbocycles. The minimum atomic E-state index is -3.52. The minimum Gasteiger partial charge on any atom is -0.347 e. The highest BCUT2D eigenvalue weighted by molar-refractivity contribution is 7.89. The van der Waals surface area contributed by atoms with Gasteiger partial charge in [0.25, 0.3) is 11.1 Å². The highest BCUT2D eigenvalue weighted by Gasteiger charge is 2.15. The summed E-state index contributed by atoms with van der Waals surface area (Å²) < 4.78 is 49.0. The molecule has 0 amide bonds. The zero-order chi connectivity index (χ0) is 33.4. The van der Waals surface area contributed by atoms with Crippen LogP contribution >= 0.6 is 0 Å². The van der Waals surface area contributed by atoms with Crippen LogP contribution in [0.25, 0.3) is 21.8 Å². The number of nitrogens with one attached hydrogen (secondary N) is 2. The van der Waals surface area contributed by atoms with Crippen LogP contribution in [0, 0.1) is 20.8 Å². The lowest BCUT2D eigenvalue weighted by molar-refractivity contribution is 0.583. The average molecular weight is 659 g/mol. The number of fused-ring (bicyclic) bond motifs is 2. The number of sulfone groups is 2. The van der Waals surface area contributed by atoms with Crippen molar-refractivity contribution in [2.45, 2.75) is 45.6 Å². The molecule has 5 rings (SSSR count). The van der Waals surface area contributed by atoms with Crippen LogP contribution < -0.4 is 28.2 Å². The first-order valence-electron chi connectivity index (χ1n) is 13.6. The molecule has 0 aliphatic carbocycles. The lowest BCUT2D eigenvalue weighted by Gasteiger charge is -2.12. The third-order valence-electron chi connectivity index (χ3n) is 7.22. The molecule has 0 spiro atoms. The summed E-state index contributed by atoms with van der Waals surface area (Å²) in [7, 11) is -7.01. The first kappa shape index (κ1) is 33.4. The standard InChI is InChI=1S/C17H19N3O4S.C12H15N3O4S/c1-11-7-15-14(8-13(11)9-19-6-4-5-12(19)2)16(21)20(17(22)18-15)10-25(3,23)24;1-7-3-10-9(4-8(7)5-13)11(16)15(12(17)14-10)6-20(2,18)19/h4-8H,9-10H2,1-3H3,(H,18,22);3-4H,5-6,13H2,1-2H3,(H,14,17). The number of H-pyrrole nitrogens is 2. The molecule has 0 atom stereocenters. The second-order valence-electron chi connectivity index (χ2n) is 11.1. The van der Waals surface area contributed by atoms with Gasteiger partial charge in [0.2, 0.25) is 0 Å². The van der Waals surface area contributed by atoms with Crippen LogP contribution in [-0.4, -0.2) is 53.0 Å². The highest BCUT2D eigenvalue weighted by Crippen LogP contribution is 2.17. The summed E-state index contributed by atoms with van der Waals surface area (Å²) in [5, 5.41) is 0.549. The first-order valence-corrected chi connectivity index (χ1v) is 17.7. The molecule has 0 fully saturated rings. The van der Waals surface area contributed by atoms with Crippen molar-refractivity contribution in [3.8, 4) is 0 Å². The lowest BCUT2D eigenvalue weighted by Crippen LogP contribution is -2.37. The number of nitrogens with zero attached hydrogens (tertiary/aromatic N) is 3. The van der Waals surface area contributed by atoms with Crippen molar-refractivity contribution in [3.63, 3.8) is 0 Å². The molecule has 0 aliphatic heterocycles. The SMILES string of the molecule is Cc1cc2[nH]c(=O)n(CS(C)(=O)=O)c(=O)c2cc1CN.Cc1cc2[nH]c(=O)n(CS(C)(=O)=O)c(=O)c2cc1Cn1cccc1C. The Morgan fingerprint density at radius 3 is 1.56 bits per heavy atom. The van der Waals surface area contributed by atoms with E-state index >= 15 is 0 Å². The molecule has 240 valence electrons. The molecule has 45 heavy (non-hydrogen) atoms. The zero-order valence-corrected chi connectivity index (χ0v) is 27.0. The van der Waals surface area contributed by atoms with E-state index in [2.05, 4.69) is 14.5 Å². The average Bonchev–Trinajstić information content (AvgIpc) is 3.33. The summed E-state index contributed by atoms with van der Waals surface area (Å²) in [5.74, 6) is -1.29. The fraction of sp³-hybridized carbons (Fsp3) is 0.310. The Kier molecular flexibility index (Phi) is 9.23. The van der Waals surface area contributed by atoms with Crippen LogP contribution in [0.15, 0.2) is 61.8 Å². The molecule has 5 aromatic rings. The Bertz CT molecular complexity index is 2410. The Balaban J connectivity index is 0.000000210. The van der Waals surface area contributed by atoms with Gasteiger partial charge in [0.1, 0.15) is 11.8 Å². The zero-order valence-electron chi connectivity index (χ0n) is 25.4. The van der Waals surface area contributed by atoms with Gasteiger partial charge in [-0.05, 0) is 79.4 Å². The van der Waals surface area contributed by atoms with Gasteiger partial charge >= 0.3 is 11.4 Å². The maximum Gasteiger partial charge on any atom is 0.329 e. The first-order chi connectivity index (χ1) is 20.9. The summed E-state index contributed by atoms with van der Waals surface area (Å²) in [4.78, 5) is 53.9. The van der Waals surface area contributed by atoms with Gasteiger partial charge in [-0.25, -0.2) is 35.6 Å². The van der Waals surface area contributed by atoms with Gasteiger partial charge in [-0.3, -0.25) is 9.59 Å². The highest BCUT2D eigenvalue weighted by atomic mass is 32.2. The van der Waals surface area contributed by atoms with Crippen LogP contribution in [0.4, 0.5) is 0 Å². The van der Waals surface area contributed by atoms with Crippen molar-refractivity contribution in [2.24, 2.45) is 5.73 Å². The number of aromatic amines is 2. The monoisotopic (exact) mass is 658 g/mol. The minimum absolute atomic E-state index is 0.249. The summed E-state index contributed by atoms with van der Waals surface area (Å²) in [6, 6.07) is 10.7. The van der Waals surface area contributed by atoms with Gasteiger partial charge in [0.05, 0.1) is 21.8 Å². The van der Waals surface area contributed by atoms with Crippen LogP contribution in [0.3, 0.4) is 0 Å². The Labute approximate surface area is 257 Å². The molecule has 0 unspecified atom stereocenters. The van der Waals surface area contributed by atoms with Gasteiger partial charge in [0, 0.05) is 37.5 Å². The molecule has 14 nitrogen and oxygen atoms in total. The lowest BCUT2D eigenvalue weighted by atomic mass is 10.1. The second kappa shape index (κ2) is 12.5. The molecule has 3 heterocycles. The predicted molar refractivity (Wildman–Crippen MR) is 173 cm³/mol. The number of aryl methyl sites for hydroxylation is 3. The van der Waals surface area contributed by atoms with E-state index in [-0.39, 0.29) is 11.9 Å². The quantitative estimate of drug-likeness (QED) is 0.224. The van der Waals surface area contributed by atoms with Crippen molar-refractivity contribution in [1.82, 2.24) is 23.7 Å². The summed E-state index contributed by atoms with van der Waals surface area (Å²) in [6.45, 7) is 6.57. The Hall–Kier alpha value is -4.54. The van der Waals surface area contributed by atoms with Crippen molar-refractivity contribution in [3.05, 3.63) is 112 Å². The Morgan fingerprint density at radius 2 is 1.16 bits per heavy atom. The van der Waals surface area contributed by atoms with E-state index in [1.54, 1.807) is 24.3 Å². The second-order valence-corrected chi connectivity index (χ2v) is 15.3. The largest absolute Gasteiger partial charge is 0.347 e. The van der Waals surface area contributed by atoms with E-state index in [0.717, 1.165) is 45.0 Å². The fourth-order valence-corrected chi connectivity index (χ4v) is 6.27. The van der Waals surface area contributed by atoms with Crippen molar-refractivity contribution < 1.29 is 16.8 Å². The van der Waals surface area contributed by atoms with E-state index in [4.69, 9.17) is 5.73 Å². The Morgan fingerprint density at radius 1 is 0.711 bits per heavy atom. The third-order valence-corrected chi connectivity index (χ3v) is 8.68. The summed E-state index contributed by atoms with van der Waals surface area (Å²) in [5.41, 5.74) is 8.26. The number of aromatic nitrogens is 5. The molecule has 16 heteroatoms. The van der Waals surface area contributed by atoms with Gasteiger partial charge in [0.15, 0.2) is 19.7 Å². The van der Waals surface area contributed by atoms with Crippen molar-refractivity contribution in [1.29, 1.82) is 0 Å². The molecule has 3 aromatic heterocycles. The van der Waals surface area contributed by atoms with Gasteiger partial charge < -0.3 is 20.3 Å². The number of nitrogens with two attached hydrogens (primary N) is 1. The number of hydrogen-bond donors (Lipinski definition) is 3. The normalized spacial score (nSPS) is 12.0. The number of benzene rings is 2. The fourth-order valence-electron chi connectivity index (χ4n) is 4.86. The number of rotatable bonds is 7. The molecule has 0 saturated carbocycles. The van der Waals surface area contributed by atoms with Gasteiger partial charge in [-0.15, -0.1) is 0 Å². The maximum absolute atomic E-state index is 12.6. The van der Waals surface area contributed by atoms with Gasteiger partial charge in [-0.2, -0.15) is 0 Å². The maximum atomic E-state index is 12.6. The van der Waals surface area contributed by atoms with Crippen LogP contribution in [-0.2, 0) is 44.5 Å². The summed E-state index contributed by atoms with van der Waals surface area (Å²) in [6.07, 6.45) is 3.90. The van der Waals surface area contributed by atoms with Crippen LogP contribution in [0.1, 0.15) is 27.9 Å². The topological polar surface area (TPSA) is 209 Å². The molecule has 0 saturated heterocycles. The molecule has 0 bridgehead atoms. The molecular weight excluding hydrogens is 624 g/mol. The summed E-state index contributed by atoms with van der Waals surface area (Å²) >= 11 is 0. The van der Waals surface area contributed by atoms with E-state index in [1.807, 2.05) is 39.1 Å². The van der Waals surface area contributed by atoms with Crippen molar-refractivity contribution >= 4 is 41.5 Å². The smallest absolute Gasteiger partial charge is 0.329 e. The van der Waals surface area contributed by atoms with E-state index in [1.165, 1.54) is 0 Å². The van der Waals surface area contributed by atoms with E-state index < -0.39 is 53.9 Å². The predicted octanol–water partition coefficient (Wildman–Crippen LogP) is 0.618. The van der Waals surface area contributed by atoms with Crippen LogP contribution in [0.2, 0.25) is 0 Å². The molecule has 4 N–H and O–H groups in total. The molecule has 0 aliphatic rings.